The summed E-state index contributed by atoms with van der Waals surface area (Å²) in [7, 11) is 3.59. The van der Waals surface area contributed by atoms with Crippen LogP contribution in [0.4, 0.5) is 22.9 Å². The van der Waals surface area contributed by atoms with Crippen LogP contribution in [0.25, 0.3) is 22.2 Å². The molecule has 0 atom stereocenters. The highest BCUT2D eigenvalue weighted by molar-refractivity contribution is 6.02. The Morgan fingerprint density at radius 3 is 2.67 bits per heavy atom. The predicted octanol–water partition coefficient (Wildman–Crippen LogP) is 4.34. The molecule has 5 rings (SSSR count). The largest absolute Gasteiger partial charge is 0.494 e. The molecule has 3 heterocycles. The average molecular weight is 541 g/mol. The molecule has 11 heteroatoms. The number of ether oxygens (including phenoxy) is 1. The number of rotatable bonds is 8. The molecule has 11 nitrogen and oxygen atoms in total. The molecule has 1 saturated heterocycles. The summed E-state index contributed by atoms with van der Waals surface area (Å²) in [5.74, 6) is 0.914. The van der Waals surface area contributed by atoms with Crippen LogP contribution in [0.5, 0.6) is 5.75 Å². The highest BCUT2D eigenvalue weighted by Gasteiger charge is 2.26. The van der Waals surface area contributed by atoms with Crippen LogP contribution in [0.3, 0.4) is 0 Å². The number of H-pyrrole nitrogens is 1. The van der Waals surface area contributed by atoms with E-state index in [0.29, 0.717) is 36.0 Å². The van der Waals surface area contributed by atoms with E-state index >= 15 is 0 Å². The Hall–Kier alpha value is -4.93. The number of hydrogen-bond donors (Lipinski definition) is 3. The third-order valence-electron chi connectivity index (χ3n) is 7.26. The van der Waals surface area contributed by atoms with Crippen LogP contribution in [-0.4, -0.2) is 70.2 Å². The Labute approximate surface area is 232 Å². The molecule has 0 radical (unpaired) electrons. The molecule has 0 saturated carbocycles. The van der Waals surface area contributed by atoms with E-state index in [1.807, 2.05) is 48.3 Å². The van der Waals surface area contributed by atoms with Crippen molar-refractivity contribution in [1.82, 2.24) is 25.1 Å². The van der Waals surface area contributed by atoms with Crippen molar-refractivity contribution in [2.24, 2.45) is 0 Å². The van der Waals surface area contributed by atoms with Crippen molar-refractivity contribution in [3.63, 3.8) is 0 Å². The molecule has 1 fully saturated rings. The molecule has 0 unspecified atom stereocenters. The van der Waals surface area contributed by atoms with Crippen LogP contribution >= 0.6 is 0 Å². The standard InChI is InChI=1S/C29H32N8O3/c1-5-29(39)34-24-13-25(27(40-4)15-26(24)36(3)21-8-10-37(11-9-21)18(2)38)33-28-14-23(30-17-31-28)19-6-7-22-20(12-19)16-32-35-22/h5-7,12-17,21H,1,8-11H2,2-4H3,(H,32,35)(H,34,39)(H,30,31,33). The first-order valence-corrected chi connectivity index (χ1v) is 13.0. The van der Waals surface area contributed by atoms with Gasteiger partial charge in [0.2, 0.25) is 11.8 Å². The van der Waals surface area contributed by atoms with E-state index in [1.165, 1.54) is 12.4 Å². The Balaban J connectivity index is 1.45. The van der Waals surface area contributed by atoms with Gasteiger partial charge in [-0.15, -0.1) is 0 Å². The number of carbonyl (C=O) groups excluding carboxylic acids is 2. The summed E-state index contributed by atoms with van der Waals surface area (Å²) < 4.78 is 5.76. The summed E-state index contributed by atoms with van der Waals surface area (Å²) in [5.41, 5.74) is 4.65. The smallest absolute Gasteiger partial charge is 0.247 e. The molecular weight excluding hydrogens is 508 g/mol. The maximum atomic E-state index is 12.4. The first-order valence-electron chi connectivity index (χ1n) is 13.0. The van der Waals surface area contributed by atoms with Crippen molar-refractivity contribution in [2.75, 3.05) is 42.8 Å². The number of nitrogens with zero attached hydrogens (tertiary/aromatic N) is 5. The summed E-state index contributed by atoms with van der Waals surface area (Å²) >= 11 is 0. The van der Waals surface area contributed by atoms with E-state index in [-0.39, 0.29) is 17.9 Å². The lowest BCUT2D eigenvalue weighted by Crippen LogP contribution is -2.45. The van der Waals surface area contributed by atoms with Gasteiger partial charge in [-0.25, -0.2) is 9.97 Å². The number of fused-ring (bicyclic) bond motifs is 1. The molecule has 1 aliphatic rings. The second kappa shape index (κ2) is 11.4. The van der Waals surface area contributed by atoms with Crippen molar-refractivity contribution in [3.8, 4) is 17.0 Å². The number of carbonyl (C=O) groups is 2. The lowest BCUT2D eigenvalue weighted by Gasteiger charge is -2.38. The Bertz CT molecular complexity index is 1560. The molecule has 0 aliphatic carbocycles. The molecule has 3 N–H and O–H groups in total. The molecule has 2 amide bonds. The predicted molar refractivity (Wildman–Crippen MR) is 156 cm³/mol. The number of benzene rings is 2. The summed E-state index contributed by atoms with van der Waals surface area (Å²) in [6.07, 6.45) is 6.15. The minimum atomic E-state index is -0.323. The van der Waals surface area contributed by atoms with Crippen molar-refractivity contribution in [3.05, 3.63) is 61.6 Å². The van der Waals surface area contributed by atoms with Crippen molar-refractivity contribution in [1.29, 1.82) is 0 Å². The molecular formula is C29H32N8O3. The highest BCUT2D eigenvalue weighted by atomic mass is 16.5. The third kappa shape index (κ3) is 5.58. The maximum absolute atomic E-state index is 12.4. The Morgan fingerprint density at radius 2 is 1.95 bits per heavy atom. The third-order valence-corrected chi connectivity index (χ3v) is 7.26. The van der Waals surface area contributed by atoms with Crippen LogP contribution < -0.4 is 20.3 Å². The average Bonchev–Trinajstić information content (AvgIpc) is 3.45. The Morgan fingerprint density at radius 1 is 1.15 bits per heavy atom. The van der Waals surface area contributed by atoms with Gasteiger partial charge in [0.15, 0.2) is 0 Å². The number of nitrogens with one attached hydrogen (secondary N) is 3. The molecule has 2 aromatic carbocycles. The van der Waals surface area contributed by atoms with Crippen LogP contribution in [0.2, 0.25) is 0 Å². The number of hydrogen-bond acceptors (Lipinski definition) is 8. The minimum Gasteiger partial charge on any atom is -0.494 e. The first-order chi connectivity index (χ1) is 19.4. The molecule has 40 heavy (non-hydrogen) atoms. The van der Waals surface area contributed by atoms with Crippen LogP contribution in [0.15, 0.2) is 61.6 Å². The zero-order valence-corrected chi connectivity index (χ0v) is 22.8. The van der Waals surface area contributed by atoms with Gasteiger partial charge in [-0.3, -0.25) is 14.7 Å². The zero-order chi connectivity index (χ0) is 28.2. The monoisotopic (exact) mass is 540 g/mol. The first kappa shape index (κ1) is 26.7. The number of amides is 2. The van der Waals surface area contributed by atoms with Crippen molar-refractivity contribution in [2.45, 2.75) is 25.8 Å². The van der Waals surface area contributed by atoms with Gasteiger partial charge in [0.25, 0.3) is 0 Å². The maximum Gasteiger partial charge on any atom is 0.247 e. The second-order valence-corrected chi connectivity index (χ2v) is 9.70. The van der Waals surface area contributed by atoms with Crippen molar-refractivity contribution < 1.29 is 14.3 Å². The van der Waals surface area contributed by atoms with Gasteiger partial charge in [0.05, 0.1) is 41.6 Å². The minimum absolute atomic E-state index is 0.0899. The van der Waals surface area contributed by atoms with E-state index in [9.17, 15) is 9.59 Å². The lowest BCUT2D eigenvalue weighted by molar-refractivity contribution is -0.129. The van der Waals surface area contributed by atoms with E-state index in [2.05, 4.69) is 42.3 Å². The normalized spacial score (nSPS) is 13.6. The molecule has 1 aliphatic heterocycles. The Kier molecular flexibility index (Phi) is 7.63. The topological polar surface area (TPSA) is 128 Å². The molecule has 0 bridgehead atoms. The number of methoxy groups -OCH3 is 1. The van der Waals surface area contributed by atoms with Gasteiger partial charge in [0.1, 0.15) is 17.9 Å². The van der Waals surface area contributed by atoms with Crippen LogP contribution in [0.1, 0.15) is 19.8 Å². The zero-order valence-electron chi connectivity index (χ0n) is 22.8. The van der Waals surface area contributed by atoms with Gasteiger partial charge < -0.3 is 25.2 Å². The summed E-state index contributed by atoms with van der Waals surface area (Å²) in [5, 5.41) is 14.3. The van der Waals surface area contributed by atoms with Gasteiger partial charge in [0, 0.05) is 56.2 Å². The summed E-state index contributed by atoms with van der Waals surface area (Å²) in [6.45, 7) is 6.58. The van der Waals surface area contributed by atoms with Gasteiger partial charge >= 0.3 is 0 Å². The number of aromatic nitrogens is 4. The molecule has 2 aromatic heterocycles. The SMILES string of the molecule is C=CC(=O)Nc1cc(Nc2cc(-c3ccc4[nH]ncc4c3)ncn2)c(OC)cc1N(C)C1CCN(C(C)=O)CC1. The van der Waals surface area contributed by atoms with E-state index in [0.717, 1.165) is 40.7 Å². The second-order valence-electron chi connectivity index (χ2n) is 9.70. The molecule has 4 aromatic rings. The number of piperidine rings is 1. The van der Waals surface area contributed by atoms with Gasteiger partial charge in [-0.2, -0.15) is 5.10 Å². The fraction of sp³-hybridized carbons (Fsp3) is 0.276. The summed E-state index contributed by atoms with van der Waals surface area (Å²) in [6, 6.07) is 11.7. The number of likely N-dealkylation sites (tertiary alicyclic amines) is 1. The lowest BCUT2D eigenvalue weighted by atomic mass is 10.0. The molecule has 0 spiro atoms. The van der Waals surface area contributed by atoms with Gasteiger partial charge in [-0.1, -0.05) is 12.6 Å². The van der Waals surface area contributed by atoms with E-state index in [4.69, 9.17) is 4.74 Å². The fourth-order valence-corrected chi connectivity index (χ4v) is 5.00. The van der Waals surface area contributed by atoms with Crippen LogP contribution in [-0.2, 0) is 9.59 Å². The highest BCUT2D eigenvalue weighted by Crippen LogP contribution is 2.39. The number of aromatic amines is 1. The van der Waals surface area contributed by atoms with Gasteiger partial charge in [-0.05, 0) is 37.1 Å². The molecule has 206 valence electrons. The number of anilines is 4. The quantitative estimate of drug-likeness (QED) is 0.282. The van der Waals surface area contributed by atoms with Crippen molar-refractivity contribution >= 4 is 45.6 Å². The fourth-order valence-electron chi connectivity index (χ4n) is 5.00. The van der Waals surface area contributed by atoms with E-state index < -0.39 is 0 Å². The van der Waals surface area contributed by atoms with E-state index in [1.54, 1.807) is 20.2 Å². The van der Waals surface area contributed by atoms with Crippen LogP contribution in [0, 0.1) is 0 Å². The summed E-state index contributed by atoms with van der Waals surface area (Å²) in [4.78, 5) is 37.0.